The number of hydrogen-bond donors (Lipinski definition) is 0. The second-order valence-corrected chi connectivity index (χ2v) is 4.51. The SMILES string of the molecule is CC(CC(F)F)C1CC[C@@H](C)C(=O)C1. The summed E-state index contributed by atoms with van der Waals surface area (Å²) in [6.07, 6.45) is 0.0126. The maximum absolute atomic E-state index is 12.1. The molecule has 0 spiro atoms. The molecule has 0 bridgehead atoms. The fourth-order valence-electron chi connectivity index (χ4n) is 2.15. The highest BCUT2D eigenvalue weighted by Gasteiger charge is 2.29. The molecular formula is C11H18F2O. The van der Waals surface area contributed by atoms with Crippen LogP contribution in [0.15, 0.2) is 0 Å². The minimum absolute atomic E-state index is 0.0218. The third-order valence-corrected chi connectivity index (χ3v) is 3.34. The summed E-state index contributed by atoms with van der Waals surface area (Å²) >= 11 is 0. The van der Waals surface area contributed by atoms with Crippen LogP contribution in [0.2, 0.25) is 0 Å². The average Bonchev–Trinajstić information content (AvgIpc) is 2.08. The molecule has 1 aliphatic rings. The first-order valence-electron chi connectivity index (χ1n) is 5.31. The molecule has 0 amide bonds. The summed E-state index contributed by atoms with van der Waals surface area (Å²) in [5.74, 6) is 0.562. The smallest absolute Gasteiger partial charge is 0.238 e. The van der Waals surface area contributed by atoms with Crippen LogP contribution in [0, 0.1) is 17.8 Å². The van der Waals surface area contributed by atoms with Crippen molar-refractivity contribution in [2.45, 2.75) is 46.0 Å². The summed E-state index contributed by atoms with van der Waals surface area (Å²) in [5, 5.41) is 0. The first-order chi connectivity index (χ1) is 6.50. The van der Waals surface area contributed by atoms with E-state index in [2.05, 4.69) is 0 Å². The monoisotopic (exact) mass is 204 g/mol. The van der Waals surface area contributed by atoms with E-state index in [0.29, 0.717) is 6.42 Å². The van der Waals surface area contributed by atoms with Gasteiger partial charge in [-0.15, -0.1) is 0 Å². The van der Waals surface area contributed by atoms with Gasteiger partial charge in [-0.3, -0.25) is 4.79 Å². The van der Waals surface area contributed by atoms with Crippen molar-refractivity contribution in [3.63, 3.8) is 0 Å². The normalized spacial score (nSPS) is 30.8. The zero-order chi connectivity index (χ0) is 10.7. The Hall–Kier alpha value is -0.470. The Labute approximate surface area is 83.9 Å². The van der Waals surface area contributed by atoms with E-state index in [1.54, 1.807) is 0 Å². The Morgan fingerprint density at radius 2 is 2.07 bits per heavy atom. The van der Waals surface area contributed by atoms with Gasteiger partial charge in [0, 0.05) is 18.8 Å². The number of halogens is 2. The van der Waals surface area contributed by atoms with E-state index in [9.17, 15) is 13.6 Å². The predicted octanol–water partition coefficient (Wildman–Crippen LogP) is 3.28. The largest absolute Gasteiger partial charge is 0.299 e. The molecule has 3 heteroatoms. The summed E-state index contributed by atoms with van der Waals surface area (Å²) in [6.45, 7) is 3.76. The molecule has 1 nitrogen and oxygen atoms in total. The topological polar surface area (TPSA) is 17.1 Å². The van der Waals surface area contributed by atoms with Gasteiger partial charge >= 0.3 is 0 Å². The van der Waals surface area contributed by atoms with Crippen molar-refractivity contribution in [1.29, 1.82) is 0 Å². The number of carbonyl (C=O) groups excluding carboxylic acids is 1. The highest BCUT2D eigenvalue weighted by molar-refractivity contribution is 5.81. The minimum Gasteiger partial charge on any atom is -0.299 e. The number of ketones is 1. The molecule has 0 radical (unpaired) electrons. The summed E-state index contributed by atoms with van der Waals surface area (Å²) < 4.78 is 24.3. The lowest BCUT2D eigenvalue weighted by Gasteiger charge is -2.29. The van der Waals surface area contributed by atoms with Gasteiger partial charge in [0.2, 0.25) is 6.43 Å². The Balaban J connectivity index is 2.42. The molecule has 0 saturated heterocycles. The zero-order valence-corrected chi connectivity index (χ0v) is 8.80. The molecule has 0 aromatic carbocycles. The van der Waals surface area contributed by atoms with Crippen LogP contribution in [0.4, 0.5) is 8.78 Å². The van der Waals surface area contributed by atoms with Crippen molar-refractivity contribution in [2.24, 2.45) is 17.8 Å². The highest BCUT2D eigenvalue weighted by Crippen LogP contribution is 2.33. The van der Waals surface area contributed by atoms with Gasteiger partial charge in [-0.2, -0.15) is 0 Å². The number of alkyl halides is 2. The molecule has 0 heterocycles. The van der Waals surface area contributed by atoms with Crippen molar-refractivity contribution in [3.05, 3.63) is 0 Å². The lowest BCUT2D eigenvalue weighted by atomic mass is 9.75. The van der Waals surface area contributed by atoms with Gasteiger partial charge in [0.1, 0.15) is 5.78 Å². The van der Waals surface area contributed by atoms with Gasteiger partial charge in [0.25, 0.3) is 0 Å². The third kappa shape index (κ3) is 3.03. The summed E-state index contributed by atoms with van der Waals surface area (Å²) in [7, 11) is 0. The van der Waals surface area contributed by atoms with E-state index in [1.165, 1.54) is 0 Å². The van der Waals surface area contributed by atoms with Crippen LogP contribution in [-0.2, 0) is 4.79 Å². The number of rotatable bonds is 3. The van der Waals surface area contributed by atoms with E-state index >= 15 is 0 Å². The Kier molecular flexibility index (Phi) is 4.02. The minimum atomic E-state index is -2.24. The molecule has 1 rings (SSSR count). The molecule has 0 aromatic heterocycles. The van der Waals surface area contributed by atoms with E-state index in [1.807, 2.05) is 13.8 Å². The predicted molar refractivity (Wildman–Crippen MR) is 51.3 cm³/mol. The fraction of sp³-hybridized carbons (Fsp3) is 0.909. The number of carbonyl (C=O) groups is 1. The summed E-state index contributed by atoms with van der Waals surface area (Å²) in [5.41, 5.74) is 0. The molecule has 14 heavy (non-hydrogen) atoms. The summed E-state index contributed by atoms with van der Waals surface area (Å²) in [6, 6.07) is 0. The van der Waals surface area contributed by atoms with Crippen molar-refractivity contribution in [2.75, 3.05) is 0 Å². The maximum Gasteiger partial charge on any atom is 0.238 e. The first kappa shape index (κ1) is 11.6. The molecular weight excluding hydrogens is 186 g/mol. The quantitative estimate of drug-likeness (QED) is 0.689. The lowest BCUT2D eigenvalue weighted by Crippen LogP contribution is -2.27. The molecule has 3 atom stereocenters. The molecule has 1 fully saturated rings. The molecule has 0 aliphatic heterocycles. The van der Waals surface area contributed by atoms with Gasteiger partial charge in [-0.25, -0.2) is 8.78 Å². The van der Waals surface area contributed by atoms with Crippen molar-refractivity contribution >= 4 is 5.78 Å². The Bertz CT molecular complexity index is 203. The van der Waals surface area contributed by atoms with E-state index < -0.39 is 6.43 Å². The molecule has 82 valence electrons. The zero-order valence-electron chi connectivity index (χ0n) is 8.80. The Morgan fingerprint density at radius 1 is 1.43 bits per heavy atom. The fourth-order valence-corrected chi connectivity index (χ4v) is 2.15. The van der Waals surface area contributed by atoms with Crippen LogP contribution in [0.3, 0.4) is 0 Å². The van der Waals surface area contributed by atoms with Gasteiger partial charge in [-0.1, -0.05) is 13.8 Å². The van der Waals surface area contributed by atoms with Crippen molar-refractivity contribution in [1.82, 2.24) is 0 Å². The molecule has 1 aliphatic carbocycles. The lowest BCUT2D eigenvalue weighted by molar-refractivity contribution is -0.126. The maximum atomic E-state index is 12.1. The average molecular weight is 204 g/mol. The van der Waals surface area contributed by atoms with Gasteiger partial charge in [0.15, 0.2) is 0 Å². The van der Waals surface area contributed by atoms with Crippen LogP contribution < -0.4 is 0 Å². The van der Waals surface area contributed by atoms with Crippen LogP contribution in [0.25, 0.3) is 0 Å². The second-order valence-electron chi connectivity index (χ2n) is 4.51. The van der Waals surface area contributed by atoms with E-state index in [4.69, 9.17) is 0 Å². The second kappa shape index (κ2) is 4.85. The van der Waals surface area contributed by atoms with Crippen molar-refractivity contribution < 1.29 is 13.6 Å². The van der Waals surface area contributed by atoms with Gasteiger partial charge in [0.05, 0.1) is 0 Å². The van der Waals surface area contributed by atoms with Crippen molar-refractivity contribution in [3.8, 4) is 0 Å². The molecule has 0 N–H and O–H groups in total. The van der Waals surface area contributed by atoms with E-state index in [0.717, 1.165) is 12.8 Å². The highest BCUT2D eigenvalue weighted by atomic mass is 19.3. The first-order valence-corrected chi connectivity index (χ1v) is 5.31. The van der Waals surface area contributed by atoms with Gasteiger partial charge in [-0.05, 0) is 24.7 Å². The third-order valence-electron chi connectivity index (χ3n) is 3.34. The van der Waals surface area contributed by atoms with E-state index in [-0.39, 0.29) is 30.0 Å². The standard InChI is InChI=1S/C11H18F2O/c1-7-3-4-9(6-10(7)14)8(2)5-11(12)13/h7-9,11H,3-6H2,1-2H3/t7-,8?,9?/m1/s1. The van der Waals surface area contributed by atoms with Crippen LogP contribution in [-0.4, -0.2) is 12.2 Å². The van der Waals surface area contributed by atoms with Crippen LogP contribution >= 0.6 is 0 Å². The number of hydrogen-bond acceptors (Lipinski definition) is 1. The summed E-state index contributed by atoms with van der Waals surface area (Å²) in [4.78, 5) is 11.4. The van der Waals surface area contributed by atoms with Crippen LogP contribution in [0.1, 0.15) is 39.5 Å². The molecule has 1 saturated carbocycles. The molecule has 0 aromatic rings. The molecule has 2 unspecified atom stereocenters. The number of Topliss-reactive ketones (excluding diaryl/α,β-unsaturated/α-hetero) is 1. The van der Waals surface area contributed by atoms with Gasteiger partial charge < -0.3 is 0 Å². The Morgan fingerprint density at radius 3 is 2.57 bits per heavy atom. The van der Waals surface area contributed by atoms with Crippen LogP contribution in [0.5, 0.6) is 0 Å².